The topological polar surface area (TPSA) is 65.1 Å². The van der Waals surface area contributed by atoms with Gasteiger partial charge in [0.1, 0.15) is 5.82 Å². The maximum absolute atomic E-state index is 12.5. The van der Waals surface area contributed by atoms with E-state index in [1.165, 1.54) is 4.68 Å². The number of fused-ring (bicyclic) bond motifs is 1. The van der Waals surface area contributed by atoms with Crippen molar-refractivity contribution >= 4 is 17.1 Å². The zero-order valence-electron chi connectivity index (χ0n) is 13.0. The molecule has 0 N–H and O–H groups in total. The van der Waals surface area contributed by atoms with Crippen LogP contribution in [0.2, 0.25) is 0 Å². The van der Waals surface area contributed by atoms with Crippen LogP contribution in [0.5, 0.6) is 0 Å². The summed E-state index contributed by atoms with van der Waals surface area (Å²) in [5.74, 6) is 0.555. The van der Waals surface area contributed by atoms with Crippen LogP contribution in [-0.2, 0) is 7.05 Å². The second-order valence-corrected chi connectivity index (χ2v) is 5.25. The highest BCUT2D eigenvalue weighted by atomic mass is 16.1. The van der Waals surface area contributed by atoms with Crippen LogP contribution < -0.4 is 5.56 Å². The van der Waals surface area contributed by atoms with Crippen molar-refractivity contribution in [2.45, 2.75) is 20.8 Å². The second kappa shape index (κ2) is 5.22. The molecule has 0 aliphatic carbocycles. The monoisotopic (exact) mass is 295 g/mol. The van der Waals surface area contributed by atoms with E-state index in [0.717, 1.165) is 17.0 Å². The first-order chi connectivity index (χ1) is 10.5. The minimum absolute atomic E-state index is 0.168. The fraction of sp³-hybridized carbons (Fsp3) is 0.250. The summed E-state index contributed by atoms with van der Waals surface area (Å²) in [5.41, 5.74) is 3.31. The average molecular weight is 295 g/mol. The van der Waals surface area contributed by atoms with E-state index in [1.807, 2.05) is 39.1 Å². The first-order valence-corrected chi connectivity index (χ1v) is 7.02. The van der Waals surface area contributed by atoms with E-state index in [2.05, 4.69) is 15.2 Å². The molecule has 0 amide bonds. The smallest absolute Gasteiger partial charge is 0.272 e. The molecule has 1 aromatic carbocycles. The Hall–Kier alpha value is -2.76. The maximum atomic E-state index is 12.5. The minimum Gasteiger partial charge on any atom is -0.272 e. The van der Waals surface area contributed by atoms with Crippen LogP contribution in [0.4, 0.5) is 0 Å². The molecule has 0 unspecified atom stereocenters. The molecule has 22 heavy (non-hydrogen) atoms. The molecule has 0 radical (unpaired) electrons. The molecule has 3 rings (SSSR count). The van der Waals surface area contributed by atoms with Crippen LogP contribution >= 0.6 is 0 Å². The zero-order chi connectivity index (χ0) is 15.9. The molecule has 0 saturated carbocycles. The molecule has 0 fully saturated rings. The number of rotatable bonds is 2. The quantitative estimate of drug-likeness (QED) is 0.679. The normalized spacial score (nSPS) is 11.6. The fourth-order valence-corrected chi connectivity index (χ4v) is 2.46. The largest absolute Gasteiger partial charge is 0.282 e. The summed E-state index contributed by atoms with van der Waals surface area (Å²) in [7, 11) is 1.88. The van der Waals surface area contributed by atoms with Gasteiger partial charge in [-0.25, -0.2) is 4.98 Å². The molecule has 3 aromatic rings. The minimum atomic E-state index is -0.168. The van der Waals surface area contributed by atoms with E-state index in [9.17, 15) is 4.79 Å². The van der Waals surface area contributed by atoms with Crippen molar-refractivity contribution in [3.63, 3.8) is 0 Å². The van der Waals surface area contributed by atoms with E-state index in [4.69, 9.17) is 0 Å². The lowest BCUT2D eigenvalue weighted by Crippen LogP contribution is -2.20. The molecule has 0 aliphatic heterocycles. The van der Waals surface area contributed by atoms with Gasteiger partial charge in [0, 0.05) is 18.3 Å². The Kier molecular flexibility index (Phi) is 3.36. The summed E-state index contributed by atoms with van der Waals surface area (Å²) in [6.07, 6.45) is 1.67. The van der Waals surface area contributed by atoms with Gasteiger partial charge in [0.25, 0.3) is 5.56 Å². The number of aromatic nitrogens is 4. The molecule has 0 bridgehead atoms. The predicted molar refractivity (Wildman–Crippen MR) is 86.4 cm³/mol. The molecule has 2 aromatic heterocycles. The van der Waals surface area contributed by atoms with Crippen molar-refractivity contribution in [1.82, 2.24) is 19.4 Å². The van der Waals surface area contributed by atoms with E-state index >= 15 is 0 Å². The molecule has 0 atom stereocenters. The summed E-state index contributed by atoms with van der Waals surface area (Å²) in [6, 6.07) is 7.28. The van der Waals surface area contributed by atoms with Crippen molar-refractivity contribution in [1.29, 1.82) is 0 Å². The summed E-state index contributed by atoms with van der Waals surface area (Å²) in [4.78, 5) is 17.0. The summed E-state index contributed by atoms with van der Waals surface area (Å²) >= 11 is 0. The lowest BCUT2D eigenvalue weighted by atomic mass is 10.2. The van der Waals surface area contributed by atoms with E-state index < -0.39 is 0 Å². The van der Waals surface area contributed by atoms with Crippen molar-refractivity contribution in [3.8, 4) is 0 Å². The van der Waals surface area contributed by atoms with Crippen molar-refractivity contribution in [2.24, 2.45) is 12.1 Å². The summed E-state index contributed by atoms with van der Waals surface area (Å²) < 4.78 is 3.12. The highest BCUT2D eigenvalue weighted by Crippen LogP contribution is 2.10. The average Bonchev–Trinajstić information content (AvgIpc) is 2.73. The number of hydrogen-bond donors (Lipinski definition) is 0. The van der Waals surface area contributed by atoms with E-state index in [-0.39, 0.29) is 5.56 Å². The third-order valence-electron chi connectivity index (χ3n) is 3.78. The van der Waals surface area contributed by atoms with Gasteiger partial charge in [-0.1, -0.05) is 12.1 Å². The molecular formula is C16H17N5O. The summed E-state index contributed by atoms with van der Waals surface area (Å²) in [5, 5.41) is 9.22. The van der Waals surface area contributed by atoms with Crippen LogP contribution in [0, 0.1) is 20.8 Å². The molecule has 0 aliphatic rings. The van der Waals surface area contributed by atoms with Crippen LogP contribution in [0.25, 0.3) is 10.9 Å². The van der Waals surface area contributed by atoms with E-state index in [0.29, 0.717) is 16.7 Å². The standard InChI is InChI=1S/C16H17N5O/c1-10-14(11(2)20(4)19-10)9-17-21-12(3)18-15-8-6-5-7-13(15)16(21)22/h5-9H,1-4H3. The highest BCUT2D eigenvalue weighted by Gasteiger charge is 2.09. The fourth-order valence-electron chi connectivity index (χ4n) is 2.46. The Balaban J connectivity index is 2.15. The van der Waals surface area contributed by atoms with Gasteiger partial charge in [0.05, 0.1) is 22.8 Å². The first-order valence-electron chi connectivity index (χ1n) is 7.02. The van der Waals surface area contributed by atoms with Gasteiger partial charge in [-0.15, -0.1) is 0 Å². The first kappa shape index (κ1) is 14.2. The van der Waals surface area contributed by atoms with Gasteiger partial charge < -0.3 is 0 Å². The molecule has 6 nitrogen and oxygen atoms in total. The Morgan fingerprint density at radius 2 is 1.91 bits per heavy atom. The molecular weight excluding hydrogens is 278 g/mol. The van der Waals surface area contributed by atoms with Crippen molar-refractivity contribution < 1.29 is 0 Å². The van der Waals surface area contributed by atoms with Gasteiger partial charge in [0.2, 0.25) is 0 Å². The van der Waals surface area contributed by atoms with Gasteiger partial charge >= 0.3 is 0 Å². The van der Waals surface area contributed by atoms with Gasteiger partial charge in [-0.2, -0.15) is 14.9 Å². The molecule has 2 heterocycles. The molecule has 0 saturated heterocycles. The van der Waals surface area contributed by atoms with Crippen LogP contribution in [-0.4, -0.2) is 25.7 Å². The van der Waals surface area contributed by atoms with E-state index in [1.54, 1.807) is 23.9 Å². The lowest BCUT2D eigenvalue weighted by Gasteiger charge is -2.05. The van der Waals surface area contributed by atoms with Crippen LogP contribution in [0.3, 0.4) is 0 Å². The Bertz CT molecular complexity index is 949. The molecule has 0 spiro atoms. The number of para-hydroxylation sites is 1. The Labute approximate surface area is 127 Å². The number of aryl methyl sites for hydroxylation is 3. The van der Waals surface area contributed by atoms with Crippen molar-refractivity contribution in [3.05, 3.63) is 57.4 Å². The summed E-state index contributed by atoms with van der Waals surface area (Å²) in [6.45, 7) is 5.66. The van der Waals surface area contributed by atoms with Crippen LogP contribution in [0.1, 0.15) is 22.8 Å². The highest BCUT2D eigenvalue weighted by molar-refractivity contribution is 5.83. The predicted octanol–water partition coefficient (Wildman–Crippen LogP) is 1.94. The SMILES string of the molecule is Cc1nn(C)c(C)c1C=Nn1c(C)nc2ccccc2c1=O. The lowest BCUT2D eigenvalue weighted by molar-refractivity contribution is 0.731. The third kappa shape index (κ3) is 2.22. The second-order valence-electron chi connectivity index (χ2n) is 5.25. The Morgan fingerprint density at radius 1 is 1.18 bits per heavy atom. The number of hydrogen-bond acceptors (Lipinski definition) is 4. The van der Waals surface area contributed by atoms with Gasteiger partial charge in [0.15, 0.2) is 0 Å². The molecule has 112 valence electrons. The zero-order valence-corrected chi connectivity index (χ0v) is 13.0. The van der Waals surface area contributed by atoms with Crippen LogP contribution in [0.15, 0.2) is 34.2 Å². The number of benzene rings is 1. The maximum Gasteiger partial charge on any atom is 0.282 e. The number of nitrogens with zero attached hydrogens (tertiary/aromatic N) is 5. The third-order valence-corrected chi connectivity index (χ3v) is 3.78. The van der Waals surface area contributed by atoms with Crippen molar-refractivity contribution in [2.75, 3.05) is 0 Å². The Morgan fingerprint density at radius 3 is 2.59 bits per heavy atom. The molecule has 6 heteroatoms. The van der Waals surface area contributed by atoms with Gasteiger partial charge in [-0.3, -0.25) is 9.48 Å². The van der Waals surface area contributed by atoms with Gasteiger partial charge in [-0.05, 0) is 32.9 Å².